The first-order chi connectivity index (χ1) is 28.8. The third-order valence-corrected chi connectivity index (χ3v) is 8.75. The topological polar surface area (TPSA) is 270 Å². The minimum Gasteiger partial charge on any atom is -0.368 e. The summed E-state index contributed by atoms with van der Waals surface area (Å²) >= 11 is 0. The number of rotatable bonds is 22. The minimum atomic E-state index is -0.725. The van der Waals surface area contributed by atoms with Gasteiger partial charge in [-0.1, -0.05) is 90.6 Å². The van der Waals surface area contributed by atoms with E-state index in [1.807, 2.05) is 121 Å². The van der Waals surface area contributed by atoms with Crippen LogP contribution < -0.4 is 49.8 Å². The van der Waals surface area contributed by atoms with Crippen molar-refractivity contribution in [1.29, 1.82) is 0 Å². The molecule has 17 heteroatoms. The number of carbonyl (C=O) groups is 6. The van der Waals surface area contributed by atoms with Gasteiger partial charge in [-0.3, -0.25) is 44.8 Å². The predicted octanol–water partition coefficient (Wildman–Crippen LogP) is 1.19. The molecule has 0 spiro atoms. The van der Waals surface area contributed by atoms with Crippen molar-refractivity contribution in [2.75, 3.05) is 49.3 Å². The van der Waals surface area contributed by atoms with Gasteiger partial charge in [-0.2, -0.15) is 0 Å². The van der Waals surface area contributed by atoms with E-state index in [0.717, 1.165) is 38.9 Å². The number of aryl methyl sites for hydroxylation is 1. The number of primary amides is 3. The quantitative estimate of drug-likeness (QED) is 0.0194. The number of amides is 5. The first-order valence-electron chi connectivity index (χ1n) is 18.5. The average Bonchev–Trinajstić information content (AvgIpc) is 3.22. The van der Waals surface area contributed by atoms with E-state index < -0.39 is 29.5 Å². The van der Waals surface area contributed by atoms with Gasteiger partial charge in [0.1, 0.15) is 12.8 Å². The van der Waals surface area contributed by atoms with E-state index in [1.165, 1.54) is 20.0 Å². The Morgan fingerprint density at radius 3 is 1.17 bits per heavy atom. The summed E-state index contributed by atoms with van der Waals surface area (Å²) in [6.45, 7) is 0.242. The number of anilines is 2. The van der Waals surface area contributed by atoms with Gasteiger partial charge in [-0.15, -0.1) is 0 Å². The second kappa shape index (κ2) is 22.5. The Balaban J connectivity index is 1.63. The molecule has 0 aliphatic rings. The number of hydrogen-bond acceptors (Lipinski definition) is 12. The van der Waals surface area contributed by atoms with Crippen molar-refractivity contribution < 1.29 is 28.8 Å². The Labute approximate surface area is 347 Å². The minimum absolute atomic E-state index is 0.137. The smallest absolute Gasteiger partial charge is 0.249 e. The average molecular weight is 816 g/mol. The second-order valence-corrected chi connectivity index (χ2v) is 13.5. The maximum Gasteiger partial charge on any atom is 0.249 e. The Morgan fingerprint density at radius 1 is 0.483 bits per heavy atom. The van der Waals surface area contributed by atoms with Gasteiger partial charge in [0.05, 0.1) is 44.1 Å². The van der Waals surface area contributed by atoms with Gasteiger partial charge in [0.15, 0.2) is 0 Å². The molecular weight excluding hydrogens is 767 g/mol. The van der Waals surface area contributed by atoms with E-state index in [0.29, 0.717) is 17.7 Å². The largest absolute Gasteiger partial charge is 0.368 e. The van der Waals surface area contributed by atoms with Crippen molar-refractivity contribution in [3.05, 3.63) is 130 Å². The maximum atomic E-state index is 12.1. The van der Waals surface area contributed by atoms with Gasteiger partial charge in [-0.05, 0) is 82.8 Å². The molecule has 0 unspecified atom stereocenters. The summed E-state index contributed by atoms with van der Waals surface area (Å²) in [4.78, 5) is 71.3. The second-order valence-electron chi connectivity index (χ2n) is 13.5. The molecule has 312 valence electrons. The highest BCUT2D eigenvalue weighted by atomic mass is 16.2. The molecule has 4 aromatic carbocycles. The van der Waals surface area contributed by atoms with Gasteiger partial charge < -0.3 is 22.0 Å². The Kier molecular flexibility index (Phi) is 17.0. The molecule has 4 rings (SSSR count). The number of hydrazine groups is 4. The van der Waals surface area contributed by atoms with Gasteiger partial charge in [-0.25, -0.2) is 21.7 Å². The van der Waals surface area contributed by atoms with Crippen LogP contribution in [0.25, 0.3) is 36.5 Å². The molecule has 0 bridgehead atoms. The van der Waals surface area contributed by atoms with Crippen LogP contribution >= 0.6 is 0 Å². The lowest BCUT2D eigenvalue weighted by Crippen LogP contribution is -2.54. The van der Waals surface area contributed by atoms with Crippen LogP contribution in [0.1, 0.15) is 38.9 Å². The SMILES string of the molecule is Cc1ccc(C=Cc2cc(C=Cc3ccc(N(CC=O)N(CC(N)=O)CC(=O)NN)cc3)cc(C=Cc3ccc(N(CC(N)=O)N(CC(N)=O)CC(=O)NN)cc3)c2)cc1. The van der Waals surface area contributed by atoms with Crippen LogP contribution in [-0.2, 0) is 28.8 Å². The first kappa shape index (κ1) is 45.3. The molecule has 12 N–H and O–H groups in total. The summed E-state index contributed by atoms with van der Waals surface area (Å²) in [5, 5.41) is 5.51. The fourth-order valence-corrected chi connectivity index (χ4v) is 5.95. The molecule has 0 fully saturated rings. The van der Waals surface area contributed by atoms with E-state index in [1.54, 1.807) is 24.3 Å². The zero-order valence-corrected chi connectivity index (χ0v) is 33.1. The zero-order chi connectivity index (χ0) is 43.6. The lowest BCUT2D eigenvalue weighted by molar-refractivity contribution is -0.126. The van der Waals surface area contributed by atoms with Gasteiger partial charge in [0.2, 0.25) is 29.5 Å². The van der Waals surface area contributed by atoms with E-state index in [4.69, 9.17) is 28.9 Å². The fourth-order valence-electron chi connectivity index (χ4n) is 5.95. The summed E-state index contributed by atoms with van der Waals surface area (Å²) in [5.74, 6) is 7.23. The normalized spacial score (nSPS) is 11.3. The molecular formula is C43H49N11O6. The van der Waals surface area contributed by atoms with Gasteiger partial charge >= 0.3 is 0 Å². The molecule has 0 saturated carbocycles. The van der Waals surface area contributed by atoms with Crippen LogP contribution in [0.5, 0.6) is 0 Å². The Morgan fingerprint density at radius 2 is 0.817 bits per heavy atom. The van der Waals surface area contributed by atoms with Crippen molar-refractivity contribution in [3.63, 3.8) is 0 Å². The zero-order valence-electron chi connectivity index (χ0n) is 33.1. The summed E-state index contributed by atoms with van der Waals surface area (Å²) in [5.41, 5.74) is 28.0. The summed E-state index contributed by atoms with van der Waals surface area (Å²) in [7, 11) is 0. The molecule has 4 aromatic rings. The molecule has 0 heterocycles. The molecule has 5 amide bonds. The number of carbonyl (C=O) groups excluding carboxylic acids is 6. The third-order valence-electron chi connectivity index (χ3n) is 8.75. The van der Waals surface area contributed by atoms with Crippen LogP contribution in [0.3, 0.4) is 0 Å². The van der Waals surface area contributed by atoms with E-state index in [-0.39, 0.29) is 39.3 Å². The summed E-state index contributed by atoms with van der Waals surface area (Å²) in [6, 6.07) is 28.6. The summed E-state index contributed by atoms with van der Waals surface area (Å²) < 4.78 is 0. The predicted molar refractivity (Wildman–Crippen MR) is 233 cm³/mol. The first-order valence-corrected chi connectivity index (χ1v) is 18.5. The van der Waals surface area contributed by atoms with Crippen LogP contribution in [-0.4, -0.2) is 85.1 Å². The molecule has 0 aromatic heterocycles. The number of nitrogens with one attached hydrogen (secondary N) is 2. The van der Waals surface area contributed by atoms with Crippen molar-refractivity contribution in [2.45, 2.75) is 6.92 Å². The number of aldehydes is 1. The molecule has 0 radical (unpaired) electrons. The van der Waals surface area contributed by atoms with Gasteiger partial charge in [0.25, 0.3) is 0 Å². The fraction of sp³-hybridized carbons (Fsp3) is 0.163. The highest BCUT2D eigenvalue weighted by Gasteiger charge is 2.23. The molecule has 0 aliphatic carbocycles. The van der Waals surface area contributed by atoms with Crippen molar-refractivity contribution in [1.82, 2.24) is 20.9 Å². The summed E-state index contributed by atoms with van der Waals surface area (Å²) in [6.07, 6.45) is 12.5. The number of benzene rings is 4. The van der Waals surface area contributed by atoms with E-state index in [9.17, 15) is 28.8 Å². The molecule has 0 aliphatic heterocycles. The van der Waals surface area contributed by atoms with Gasteiger partial charge in [0, 0.05) is 0 Å². The highest BCUT2D eigenvalue weighted by molar-refractivity contribution is 5.84. The van der Waals surface area contributed by atoms with E-state index in [2.05, 4.69) is 0 Å². The lowest BCUT2D eigenvalue weighted by atomic mass is 10.0. The molecule has 0 atom stereocenters. The Hall–Kier alpha value is -7.44. The van der Waals surface area contributed by atoms with Crippen LogP contribution in [0.2, 0.25) is 0 Å². The molecule has 0 saturated heterocycles. The third kappa shape index (κ3) is 14.5. The van der Waals surface area contributed by atoms with Crippen LogP contribution in [0.15, 0.2) is 91.0 Å². The van der Waals surface area contributed by atoms with Crippen LogP contribution in [0, 0.1) is 6.92 Å². The monoisotopic (exact) mass is 815 g/mol. The van der Waals surface area contributed by atoms with Crippen molar-refractivity contribution >= 4 is 83.7 Å². The standard InChI is InChI=1S/C43H49N11O6/c1-30-2-4-31(5-3-30)6-9-34-22-35(10-7-32-12-16-37(17-13-32)53(20-21-55)51(25-39(44)56)28-42(59)49-47)24-36(23-34)11-8-33-14-18-38(19-15-33)54(27-41(46)58)52(26-40(45)57)29-43(60)50-48/h2-19,21-24H,20,25-29,47-48H2,1H3,(H2,44,56)(H2,45,57)(H2,46,58)(H,49,59)(H,50,60). The number of hydrogen-bond donors (Lipinski definition) is 7. The highest BCUT2D eigenvalue weighted by Crippen LogP contribution is 2.23. The van der Waals surface area contributed by atoms with Crippen LogP contribution in [0.4, 0.5) is 11.4 Å². The van der Waals surface area contributed by atoms with E-state index >= 15 is 0 Å². The molecule has 60 heavy (non-hydrogen) atoms. The lowest BCUT2D eigenvalue weighted by Gasteiger charge is -2.34. The maximum absolute atomic E-state index is 12.1. The number of nitrogens with two attached hydrogens (primary N) is 5. The van der Waals surface area contributed by atoms with Crippen molar-refractivity contribution in [3.8, 4) is 0 Å². The Bertz CT molecular complexity index is 2220. The number of nitrogens with zero attached hydrogens (tertiary/aromatic N) is 4. The molecule has 17 nitrogen and oxygen atoms in total. The van der Waals surface area contributed by atoms with Crippen molar-refractivity contribution in [2.24, 2.45) is 28.9 Å².